The number of rotatable bonds is 5. The van der Waals surface area contributed by atoms with Crippen molar-refractivity contribution in [2.75, 3.05) is 0 Å². The molecule has 0 amide bonds. The Morgan fingerprint density at radius 2 is 1.44 bits per heavy atom. The summed E-state index contributed by atoms with van der Waals surface area (Å²) in [6.07, 6.45) is 4.78. The van der Waals surface area contributed by atoms with Crippen LogP contribution < -0.4 is 0 Å². The summed E-state index contributed by atoms with van der Waals surface area (Å²) in [7, 11) is 0. The van der Waals surface area contributed by atoms with Crippen LogP contribution in [0.5, 0.6) is 0 Å². The van der Waals surface area contributed by atoms with Crippen molar-refractivity contribution in [3.63, 3.8) is 0 Å². The maximum absolute atomic E-state index is 2.52. The number of hydrogen-bond acceptors (Lipinski definition) is 0. The van der Waals surface area contributed by atoms with E-state index in [-0.39, 0.29) is 5.41 Å². The van der Waals surface area contributed by atoms with Gasteiger partial charge in [-0.3, -0.25) is 0 Å². The number of fused-ring (bicyclic) bond motifs is 4. The quantitative estimate of drug-likeness (QED) is 0.276. The summed E-state index contributed by atoms with van der Waals surface area (Å²) in [5, 5.41) is 0. The van der Waals surface area contributed by atoms with Gasteiger partial charge in [0.1, 0.15) is 0 Å². The van der Waals surface area contributed by atoms with E-state index < -0.39 is 0 Å². The van der Waals surface area contributed by atoms with E-state index in [1.165, 1.54) is 69.3 Å². The molecule has 2 aliphatic rings. The molecule has 0 fully saturated rings. The summed E-state index contributed by atoms with van der Waals surface area (Å²) in [6.45, 7) is 4.66. The van der Waals surface area contributed by atoms with Gasteiger partial charge in [0.05, 0.1) is 5.41 Å². The van der Waals surface area contributed by atoms with Crippen molar-refractivity contribution >= 4 is 0 Å². The predicted molar refractivity (Wildman–Crippen MR) is 134 cm³/mol. The molecular formula is C32H30. The first-order chi connectivity index (χ1) is 15.7. The number of benzene rings is 4. The topological polar surface area (TPSA) is 0 Å². The fourth-order valence-corrected chi connectivity index (χ4v) is 5.91. The van der Waals surface area contributed by atoms with E-state index in [2.05, 4.69) is 105 Å². The predicted octanol–water partition coefficient (Wildman–Crippen LogP) is 7.74. The Morgan fingerprint density at radius 1 is 0.688 bits per heavy atom. The van der Waals surface area contributed by atoms with Crippen molar-refractivity contribution in [1.82, 2.24) is 0 Å². The summed E-state index contributed by atoms with van der Waals surface area (Å²) >= 11 is 0. The van der Waals surface area contributed by atoms with E-state index in [0.717, 1.165) is 6.42 Å². The zero-order valence-corrected chi connectivity index (χ0v) is 19.1. The van der Waals surface area contributed by atoms with Crippen LogP contribution in [0.2, 0.25) is 0 Å². The van der Waals surface area contributed by atoms with Crippen LogP contribution in [0.3, 0.4) is 0 Å². The van der Waals surface area contributed by atoms with Gasteiger partial charge in [0.15, 0.2) is 0 Å². The molecule has 2 atom stereocenters. The van der Waals surface area contributed by atoms with Gasteiger partial charge in [0.2, 0.25) is 0 Å². The van der Waals surface area contributed by atoms with Gasteiger partial charge in [-0.25, -0.2) is 0 Å². The summed E-state index contributed by atoms with van der Waals surface area (Å²) in [5.74, 6) is 0.694. The first-order valence-electron chi connectivity index (χ1n) is 12.1. The maximum atomic E-state index is 2.52. The van der Waals surface area contributed by atoms with Crippen LogP contribution in [-0.2, 0) is 24.7 Å². The van der Waals surface area contributed by atoms with Gasteiger partial charge in [0.25, 0.3) is 0 Å². The molecule has 2 aliphatic carbocycles. The molecule has 2 unspecified atom stereocenters. The van der Waals surface area contributed by atoms with Gasteiger partial charge in [-0.05, 0) is 75.3 Å². The Labute approximate surface area is 192 Å². The summed E-state index contributed by atoms with van der Waals surface area (Å²) in [6, 6.07) is 34.8. The molecule has 0 heterocycles. The minimum Gasteiger partial charge on any atom is -0.0651 e. The lowest BCUT2D eigenvalue weighted by Crippen LogP contribution is -2.29. The van der Waals surface area contributed by atoms with Crippen LogP contribution in [0.15, 0.2) is 91.0 Å². The van der Waals surface area contributed by atoms with E-state index in [0.29, 0.717) is 5.92 Å². The monoisotopic (exact) mass is 414 g/mol. The molecule has 4 aromatic carbocycles. The number of aryl methyl sites for hydroxylation is 2. The van der Waals surface area contributed by atoms with Gasteiger partial charge >= 0.3 is 0 Å². The third-order valence-corrected chi connectivity index (χ3v) is 7.90. The maximum Gasteiger partial charge on any atom is 0.0713 e. The van der Waals surface area contributed by atoms with Crippen LogP contribution in [0, 0.1) is 5.92 Å². The van der Waals surface area contributed by atoms with Crippen molar-refractivity contribution in [3.05, 3.63) is 130 Å². The van der Waals surface area contributed by atoms with Crippen molar-refractivity contribution in [3.8, 4) is 11.1 Å². The van der Waals surface area contributed by atoms with Crippen molar-refractivity contribution in [2.24, 2.45) is 5.92 Å². The Bertz CT molecular complexity index is 1300. The molecule has 4 aromatic rings. The fraction of sp³-hybridized carbons (Fsp3) is 0.250. The Hall–Kier alpha value is -3.12. The molecule has 0 heteroatoms. The molecule has 0 nitrogen and oxygen atoms in total. The summed E-state index contributed by atoms with van der Waals surface area (Å²) in [4.78, 5) is 0. The largest absolute Gasteiger partial charge is 0.0713 e. The third kappa shape index (κ3) is 2.75. The minimum absolute atomic E-state index is 0.261. The molecule has 0 radical (unpaired) electrons. The van der Waals surface area contributed by atoms with Crippen LogP contribution in [-0.4, -0.2) is 0 Å². The molecule has 0 saturated heterocycles. The second-order valence-corrected chi connectivity index (χ2v) is 9.74. The normalized spacial score (nSPS) is 18.9. The molecule has 0 aromatic heterocycles. The van der Waals surface area contributed by atoms with E-state index >= 15 is 0 Å². The van der Waals surface area contributed by atoms with Crippen molar-refractivity contribution < 1.29 is 0 Å². The second kappa shape index (κ2) is 7.48. The Morgan fingerprint density at radius 3 is 2.19 bits per heavy atom. The first-order valence-corrected chi connectivity index (χ1v) is 12.1. The smallest absolute Gasteiger partial charge is 0.0651 e. The van der Waals surface area contributed by atoms with Crippen LogP contribution in [0.1, 0.15) is 59.2 Å². The first kappa shape index (κ1) is 19.6. The lowest BCUT2D eigenvalue weighted by molar-refractivity contribution is 0.559. The molecule has 0 spiro atoms. The Kier molecular flexibility index (Phi) is 4.57. The molecular weight excluding hydrogens is 384 g/mol. The van der Waals surface area contributed by atoms with Gasteiger partial charge in [-0.2, -0.15) is 0 Å². The molecule has 158 valence electrons. The van der Waals surface area contributed by atoms with E-state index in [9.17, 15) is 0 Å². The molecule has 32 heavy (non-hydrogen) atoms. The zero-order chi connectivity index (χ0) is 21.7. The van der Waals surface area contributed by atoms with Crippen molar-refractivity contribution in [1.29, 1.82) is 0 Å². The lowest BCUT2D eigenvalue weighted by atomic mass is 9.66. The summed E-state index contributed by atoms with van der Waals surface area (Å²) in [5.41, 5.74) is 12.7. The third-order valence-electron chi connectivity index (χ3n) is 7.90. The van der Waals surface area contributed by atoms with Crippen LogP contribution >= 0.6 is 0 Å². The highest BCUT2D eigenvalue weighted by Crippen LogP contribution is 2.56. The van der Waals surface area contributed by atoms with Gasteiger partial charge in [-0.15, -0.1) is 0 Å². The fourth-order valence-electron chi connectivity index (χ4n) is 5.91. The highest BCUT2D eigenvalue weighted by Gasteiger charge is 2.46. The Balaban J connectivity index is 1.68. The zero-order valence-electron chi connectivity index (χ0n) is 19.1. The minimum atomic E-state index is -0.261. The summed E-state index contributed by atoms with van der Waals surface area (Å²) < 4.78 is 0. The van der Waals surface area contributed by atoms with Gasteiger partial charge in [0, 0.05) is 0 Å². The van der Waals surface area contributed by atoms with Gasteiger partial charge in [-0.1, -0.05) is 111 Å². The van der Waals surface area contributed by atoms with Crippen LogP contribution in [0.25, 0.3) is 11.1 Å². The highest BCUT2D eigenvalue weighted by atomic mass is 14.5. The van der Waals surface area contributed by atoms with Crippen molar-refractivity contribution in [2.45, 2.75) is 44.9 Å². The van der Waals surface area contributed by atoms with Crippen LogP contribution in [0.4, 0.5) is 0 Å². The molecule has 0 bridgehead atoms. The van der Waals surface area contributed by atoms with E-state index in [4.69, 9.17) is 0 Å². The SMILES string of the molecule is CCC(C)Cc1ccc2c(c1)C(c1ccccc1)(c1ccc3c(c1)CC3)c1ccccc1-2. The molecule has 6 rings (SSSR count). The van der Waals surface area contributed by atoms with E-state index in [1.54, 1.807) is 0 Å². The average molecular weight is 415 g/mol. The standard InChI is InChI=1S/C32H30/c1-3-22(2)19-23-13-18-29-28-11-7-8-12-30(28)32(31(29)20-23,26-9-5-4-6-10-26)27-17-16-24-14-15-25(24)21-27/h4-13,16-18,20-22H,3,14-15,19H2,1-2H3. The average Bonchev–Trinajstić information content (AvgIpc) is 3.11. The molecule has 0 N–H and O–H groups in total. The number of hydrogen-bond donors (Lipinski definition) is 0. The van der Waals surface area contributed by atoms with E-state index in [1.807, 2.05) is 0 Å². The second-order valence-electron chi connectivity index (χ2n) is 9.74. The lowest BCUT2D eigenvalue weighted by Gasteiger charge is -2.35. The molecule has 0 saturated carbocycles. The molecule has 0 aliphatic heterocycles. The van der Waals surface area contributed by atoms with Gasteiger partial charge < -0.3 is 0 Å². The highest BCUT2D eigenvalue weighted by molar-refractivity contribution is 5.86.